The normalized spacial score (nSPS) is 14.8. The predicted molar refractivity (Wildman–Crippen MR) is 67.7 cm³/mol. The van der Waals surface area contributed by atoms with E-state index in [1.54, 1.807) is 13.2 Å². The first-order chi connectivity index (χ1) is 7.60. The van der Waals surface area contributed by atoms with Crippen LogP contribution in [-0.2, 0) is 11.2 Å². The number of benzene rings is 1. The summed E-state index contributed by atoms with van der Waals surface area (Å²) >= 11 is 12.0. The van der Waals surface area contributed by atoms with Gasteiger partial charge in [0, 0.05) is 7.11 Å². The van der Waals surface area contributed by atoms with Crippen LogP contribution in [0.25, 0.3) is 0 Å². The van der Waals surface area contributed by atoms with Gasteiger partial charge in [0.15, 0.2) is 0 Å². The number of nitrogens with two attached hydrogens (primary N) is 1. The van der Waals surface area contributed by atoms with E-state index in [4.69, 9.17) is 33.8 Å². The van der Waals surface area contributed by atoms with E-state index in [1.807, 2.05) is 19.1 Å². The molecule has 2 atom stereocenters. The van der Waals surface area contributed by atoms with Crippen molar-refractivity contribution in [2.75, 3.05) is 7.11 Å². The Balaban J connectivity index is 2.82. The van der Waals surface area contributed by atoms with Crippen molar-refractivity contribution in [1.82, 2.24) is 5.43 Å². The maximum absolute atomic E-state index is 6.10. The van der Waals surface area contributed by atoms with E-state index < -0.39 is 0 Å². The van der Waals surface area contributed by atoms with E-state index in [0.717, 1.165) is 5.56 Å². The Bertz CT molecular complexity index is 347. The summed E-state index contributed by atoms with van der Waals surface area (Å²) in [6, 6.07) is 5.56. The third-order valence-electron chi connectivity index (χ3n) is 2.62. The molecule has 0 aliphatic carbocycles. The van der Waals surface area contributed by atoms with Gasteiger partial charge < -0.3 is 4.74 Å². The Morgan fingerprint density at radius 1 is 1.44 bits per heavy atom. The van der Waals surface area contributed by atoms with Crippen LogP contribution in [0, 0.1) is 0 Å². The Morgan fingerprint density at radius 2 is 2.12 bits per heavy atom. The summed E-state index contributed by atoms with van der Waals surface area (Å²) in [5, 5.41) is 1.13. The fraction of sp³-hybridized carbons (Fsp3) is 0.455. The van der Waals surface area contributed by atoms with Crippen LogP contribution in [0.1, 0.15) is 12.5 Å². The lowest BCUT2D eigenvalue weighted by molar-refractivity contribution is 0.0831. The van der Waals surface area contributed by atoms with Crippen LogP contribution in [-0.4, -0.2) is 19.3 Å². The molecule has 0 aliphatic rings. The molecule has 1 aromatic carbocycles. The van der Waals surface area contributed by atoms with Gasteiger partial charge in [-0.05, 0) is 25.0 Å². The number of methoxy groups -OCH3 is 1. The molecule has 1 rings (SSSR count). The Labute approximate surface area is 106 Å². The molecule has 0 bridgehead atoms. The van der Waals surface area contributed by atoms with Gasteiger partial charge in [0.1, 0.15) is 0 Å². The third-order valence-corrected chi connectivity index (χ3v) is 3.48. The van der Waals surface area contributed by atoms with Gasteiger partial charge in [0.05, 0.1) is 22.2 Å². The number of nitrogens with one attached hydrogen (secondary N) is 1. The predicted octanol–water partition coefficient (Wildman–Crippen LogP) is 2.40. The minimum absolute atomic E-state index is 0.0000447. The lowest BCUT2D eigenvalue weighted by atomic mass is 10.0. The first-order valence-corrected chi connectivity index (χ1v) is 5.77. The topological polar surface area (TPSA) is 47.3 Å². The van der Waals surface area contributed by atoms with Crippen LogP contribution < -0.4 is 11.3 Å². The largest absolute Gasteiger partial charge is 0.380 e. The van der Waals surface area contributed by atoms with E-state index >= 15 is 0 Å². The highest BCUT2D eigenvalue weighted by atomic mass is 35.5. The minimum Gasteiger partial charge on any atom is -0.380 e. The van der Waals surface area contributed by atoms with E-state index in [1.165, 1.54) is 0 Å². The number of ether oxygens (including phenoxy) is 1. The second-order valence-corrected chi connectivity index (χ2v) is 4.42. The summed E-state index contributed by atoms with van der Waals surface area (Å²) in [7, 11) is 1.65. The van der Waals surface area contributed by atoms with Crippen molar-refractivity contribution >= 4 is 23.2 Å². The summed E-state index contributed by atoms with van der Waals surface area (Å²) < 4.78 is 5.23. The second-order valence-electron chi connectivity index (χ2n) is 3.63. The third kappa shape index (κ3) is 3.34. The molecule has 3 N–H and O–H groups in total. The standard InChI is InChI=1S/C11H16Cl2N2O/c1-7(16-2)10(15-14)6-8-4-3-5-9(12)11(8)13/h3-5,7,10,15H,6,14H2,1-2H3. The highest BCUT2D eigenvalue weighted by molar-refractivity contribution is 6.42. The lowest BCUT2D eigenvalue weighted by Gasteiger charge is -2.22. The summed E-state index contributed by atoms with van der Waals surface area (Å²) in [5.41, 5.74) is 3.68. The maximum atomic E-state index is 6.10. The average Bonchev–Trinajstić information content (AvgIpc) is 2.30. The highest BCUT2D eigenvalue weighted by Gasteiger charge is 2.17. The van der Waals surface area contributed by atoms with Crippen molar-refractivity contribution in [3.05, 3.63) is 33.8 Å². The molecule has 3 nitrogen and oxygen atoms in total. The van der Waals surface area contributed by atoms with Crippen LogP contribution in [0.4, 0.5) is 0 Å². The molecule has 0 saturated heterocycles. The van der Waals surface area contributed by atoms with Gasteiger partial charge in [0.2, 0.25) is 0 Å². The smallest absolute Gasteiger partial charge is 0.0712 e. The van der Waals surface area contributed by atoms with E-state index in [2.05, 4.69) is 5.43 Å². The van der Waals surface area contributed by atoms with Crippen molar-refractivity contribution in [2.45, 2.75) is 25.5 Å². The van der Waals surface area contributed by atoms with Crippen LogP contribution >= 0.6 is 23.2 Å². The van der Waals surface area contributed by atoms with Gasteiger partial charge in [-0.15, -0.1) is 0 Å². The molecule has 16 heavy (non-hydrogen) atoms. The number of hydrogen-bond acceptors (Lipinski definition) is 3. The molecule has 0 aliphatic heterocycles. The Morgan fingerprint density at radius 3 is 2.69 bits per heavy atom. The van der Waals surface area contributed by atoms with Crippen LogP contribution in [0.3, 0.4) is 0 Å². The molecule has 1 aromatic rings. The molecule has 2 unspecified atom stereocenters. The maximum Gasteiger partial charge on any atom is 0.0712 e. The van der Waals surface area contributed by atoms with Crippen LogP contribution in [0.15, 0.2) is 18.2 Å². The Hall–Kier alpha value is -0.320. The average molecular weight is 263 g/mol. The zero-order valence-corrected chi connectivity index (χ0v) is 10.8. The van der Waals surface area contributed by atoms with Crippen molar-refractivity contribution in [3.63, 3.8) is 0 Å². The quantitative estimate of drug-likeness (QED) is 0.633. The van der Waals surface area contributed by atoms with E-state index in [0.29, 0.717) is 16.5 Å². The monoisotopic (exact) mass is 262 g/mol. The molecule has 0 aromatic heterocycles. The number of rotatable bonds is 5. The summed E-state index contributed by atoms with van der Waals surface area (Å²) in [4.78, 5) is 0. The second kappa shape index (κ2) is 6.42. The van der Waals surface area contributed by atoms with E-state index in [-0.39, 0.29) is 12.1 Å². The SMILES string of the molecule is COC(C)C(Cc1cccc(Cl)c1Cl)NN. The van der Waals surface area contributed by atoms with Gasteiger partial charge in [-0.25, -0.2) is 0 Å². The highest BCUT2D eigenvalue weighted by Crippen LogP contribution is 2.26. The molecule has 5 heteroatoms. The van der Waals surface area contributed by atoms with Gasteiger partial charge in [-0.3, -0.25) is 11.3 Å². The van der Waals surface area contributed by atoms with Crippen LogP contribution in [0.2, 0.25) is 10.0 Å². The van der Waals surface area contributed by atoms with Gasteiger partial charge in [-0.2, -0.15) is 0 Å². The molecule has 0 radical (unpaired) electrons. The van der Waals surface area contributed by atoms with Gasteiger partial charge in [0.25, 0.3) is 0 Å². The zero-order chi connectivity index (χ0) is 12.1. The zero-order valence-electron chi connectivity index (χ0n) is 9.34. The molecule has 0 spiro atoms. The van der Waals surface area contributed by atoms with Crippen molar-refractivity contribution in [2.24, 2.45) is 5.84 Å². The van der Waals surface area contributed by atoms with E-state index in [9.17, 15) is 0 Å². The fourth-order valence-electron chi connectivity index (χ4n) is 1.47. The summed E-state index contributed by atoms with van der Waals surface area (Å²) in [5.74, 6) is 5.48. The summed E-state index contributed by atoms with van der Waals surface area (Å²) in [6.45, 7) is 1.95. The first-order valence-electron chi connectivity index (χ1n) is 5.02. The molecule has 0 fully saturated rings. The molecular formula is C11H16Cl2N2O. The molecule has 0 saturated carbocycles. The van der Waals surface area contributed by atoms with Crippen molar-refractivity contribution in [3.8, 4) is 0 Å². The lowest BCUT2D eigenvalue weighted by Crippen LogP contribution is -2.45. The number of hydrogen-bond donors (Lipinski definition) is 2. The van der Waals surface area contributed by atoms with Gasteiger partial charge in [-0.1, -0.05) is 35.3 Å². The van der Waals surface area contributed by atoms with Gasteiger partial charge >= 0.3 is 0 Å². The van der Waals surface area contributed by atoms with Crippen molar-refractivity contribution < 1.29 is 4.74 Å². The molecule has 90 valence electrons. The van der Waals surface area contributed by atoms with Crippen LogP contribution in [0.5, 0.6) is 0 Å². The molecule has 0 amide bonds. The minimum atomic E-state index is 0.0000447. The first kappa shape index (κ1) is 13.7. The summed E-state index contributed by atoms with van der Waals surface area (Å²) in [6.07, 6.45) is 0.672. The molecule has 0 heterocycles. The molecular weight excluding hydrogens is 247 g/mol. The van der Waals surface area contributed by atoms with Crippen molar-refractivity contribution in [1.29, 1.82) is 0 Å². The number of halogens is 2. The fourth-order valence-corrected chi connectivity index (χ4v) is 1.86. The Kier molecular flexibility index (Phi) is 5.52. The number of hydrazine groups is 1.